The molecule has 0 spiro atoms. The number of nitrogens with one attached hydrogen (secondary N) is 7. The second-order valence-electron chi connectivity index (χ2n) is 12.7. The Labute approximate surface area is 283 Å². The Morgan fingerprint density at radius 3 is 1.88 bits per heavy atom. The molecule has 3 heterocycles. The molecule has 3 atom stereocenters. The van der Waals surface area contributed by atoms with Crippen LogP contribution in [0.5, 0.6) is 0 Å². The summed E-state index contributed by atoms with van der Waals surface area (Å²) >= 11 is 0. The highest BCUT2D eigenvalue weighted by atomic mass is 16.6. The van der Waals surface area contributed by atoms with Gasteiger partial charge in [0, 0.05) is 66.7 Å². The summed E-state index contributed by atoms with van der Waals surface area (Å²) in [5.41, 5.74) is 2.96. The first-order chi connectivity index (χ1) is 23.5. The maximum atomic E-state index is 14.1. The summed E-state index contributed by atoms with van der Waals surface area (Å²) in [5.74, 6) is -1.62. The Morgan fingerprint density at radius 2 is 1.29 bits per heavy atom. The maximum Gasteiger partial charge on any atom is 0.408 e. The van der Waals surface area contributed by atoms with Crippen molar-refractivity contribution in [3.8, 4) is 0 Å². The van der Waals surface area contributed by atoms with Crippen LogP contribution in [0.1, 0.15) is 43.3 Å². The molecular weight excluding hydrogens is 626 g/mol. The molecule has 0 aliphatic heterocycles. The van der Waals surface area contributed by atoms with Crippen molar-refractivity contribution in [3.05, 3.63) is 108 Å². The number of alkyl carbamates (subject to hydrolysis) is 1. The Bertz CT molecular complexity index is 1830. The lowest BCUT2D eigenvalue weighted by Gasteiger charge is -2.26. The van der Waals surface area contributed by atoms with Gasteiger partial charge in [-0.05, 0) is 38.0 Å². The molecule has 49 heavy (non-hydrogen) atoms. The largest absolute Gasteiger partial charge is 0.444 e. The van der Waals surface area contributed by atoms with Crippen molar-refractivity contribution in [2.45, 2.75) is 70.3 Å². The van der Waals surface area contributed by atoms with Gasteiger partial charge in [-0.1, -0.05) is 48.5 Å². The summed E-state index contributed by atoms with van der Waals surface area (Å²) in [7, 11) is 0. The Kier molecular flexibility index (Phi) is 11.1. The van der Waals surface area contributed by atoms with E-state index >= 15 is 0 Å². The Morgan fingerprint density at radius 1 is 0.714 bits per heavy atom. The number of H-pyrrole nitrogens is 3. The zero-order valence-electron chi connectivity index (χ0n) is 27.6. The van der Waals surface area contributed by atoms with Crippen LogP contribution in [-0.4, -0.2) is 72.5 Å². The summed E-state index contributed by atoms with van der Waals surface area (Å²) in [4.78, 5) is 71.5. The van der Waals surface area contributed by atoms with E-state index in [2.05, 4.69) is 46.2 Å². The van der Waals surface area contributed by atoms with E-state index in [1.807, 2.05) is 54.6 Å². The van der Waals surface area contributed by atoms with E-state index in [0.717, 1.165) is 22.0 Å². The normalized spacial score (nSPS) is 13.2. The van der Waals surface area contributed by atoms with Crippen molar-refractivity contribution in [2.24, 2.45) is 0 Å². The monoisotopic (exact) mass is 667 g/mol. The number of aromatic amines is 3. The molecule has 0 saturated heterocycles. The average Bonchev–Trinajstić information content (AvgIpc) is 3.86. The van der Waals surface area contributed by atoms with Crippen LogP contribution in [0.2, 0.25) is 0 Å². The number of nitrogens with zero attached hydrogens (tertiary/aromatic N) is 2. The quantitative estimate of drug-likeness (QED) is 0.0944. The van der Waals surface area contributed by atoms with Crippen molar-refractivity contribution >= 4 is 34.7 Å². The summed E-state index contributed by atoms with van der Waals surface area (Å²) < 4.78 is 5.42. The second-order valence-corrected chi connectivity index (χ2v) is 12.7. The molecule has 256 valence electrons. The number of ether oxygens (including phenoxy) is 1. The number of fused-ring (bicyclic) bond motifs is 1. The number of amides is 4. The minimum atomic E-state index is -1.14. The van der Waals surface area contributed by atoms with Crippen molar-refractivity contribution in [2.75, 3.05) is 0 Å². The number of carbonyl (C=O) groups excluding carboxylic acids is 4. The number of imidazole rings is 2. The molecule has 4 amide bonds. The van der Waals surface area contributed by atoms with E-state index in [-0.39, 0.29) is 25.8 Å². The molecule has 14 heteroatoms. The van der Waals surface area contributed by atoms with Crippen molar-refractivity contribution in [1.29, 1.82) is 0 Å². The number of carbonyl (C=O) groups is 4. The summed E-state index contributed by atoms with van der Waals surface area (Å²) in [6.07, 6.45) is 7.35. The molecule has 0 radical (unpaired) electrons. The number of benzene rings is 2. The van der Waals surface area contributed by atoms with Crippen LogP contribution in [0.4, 0.5) is 4.79 Å². The van der Waals surface area contributed by atoms with Crippen LogP contribution in [0, 0.1) is 0 Å². The minimum absolute atomic E-state index is 0.0524. The second kappa shape index (κ2) is 15.8. The van der Waals surface area contributed by atoms with Crippen molar-refractivity contribution in [3.63, 3.8) is 0 Å². The first kappa shape index (κ1) is 34.4. The lowest BCUT2D eigenvalue weighted by Crippen LogP contribution is -2.58. The van der Waals surface area contributed by atoms with E-state index in [9.17, 15) is 19.2 Å². The molecule has 7 N–H and O–H groups in total. The van der Waals surface area contributed by atoms with E-state index in [1.165, 1.54) is 12.7 Å². The highest BCUT2D eigenvalue weighted by Gasteiger charge is 2.32. The fourth-order valence-corrected chi connectivity index (χ4v) is 5.28. The summed E-state index contributed by atoms with van der Waals surface area (Å²) in [6.45, 7) is 5.41. The van der Waals surface area contributed by atoms with Gasteiger partial charge in [-0.25, -0.2) is 14.8 Å². The number of hydrogen-bond acceptors (Lipinski definition) is 7. The predicted octanol–water partition coefficient (Wildman–Crippen LogP) is 2.82. The molecule has 3 aromatic heterocycles. The number of hydrogen-bond donors (Lipinski definition) is 7. The SMILES string of the molecule is CC(C)(C)OC(=O)N[C@@H](Cc1cnc[nH]1)C(=O)N[C@@H](Cc1c[nH]c2ccccc12)C(=O)N[C@@H](Cc1cnc[nH]1)C(=O)NCc1ccccc1. The van der Waals surface area contributed by atoms with Crippen LogP contribution in [0.15, 0.2) is 85.8 Å². The van der Waals surface area contributed by atoms with Gasteiger partial charge in [-0.3, -0.25) is 14.4 Å². The van der Waals surface area contributed by atoms with Crippen molar-refractivity contribution in [1.82, 2.24) is 46.2 Å². The van der Waals surface area contributed by atoms with Crippen LogP contribution >= 0.6 is 0 Å². The zero-order valence-corrected chi connectivity index (χ0v) is 27.6. The lowest BCUT2D eigenvalue weighted by atomic mass is 10.0. The fraction of sp³-hybridized carbons (Fsp3) is 0.314. The third kappa shape index (κ3) is 10.0. The molecule has 0 fully saturated rings. The van der Waals surface area contributed by atoms with Gasteiger partial charge in [0.25, 0.3) is 0 Å². The lowest BCUT2D eigenvalue weighted by molar-refractivity contribution is -0.132. The van der Waals surface area contributed by atoms with Gasteiger partial charge in [-0.2, -0.15) is 0 Å². The van der Waals surface area contributed by atoms with E-state index < -0.39 is 47.5 Å². The predicted molar refractivity (Wildman–Crippen MR) is 182 cm³/mol. The molecule has 5 aromatic rings. The molecule has 5 rings (SSSR count). The van der Waals surface area contributed by atoms with Gasteiger partial charge >= 0.3 is 6.09 Å². The van der Waals surface area contributed by atoms with Gasteiger partial charge in [-0.15, -0.1) is 0 Å². The van der Waals surface area contributed by atoms with Gasteiger partial charge in [0.15, 0.2) is 0 Å². The first-order valence-corrected chi connectivity index (χ1v) is 16.0. The Hall–Kier alpha value is -5.92. The third-order valence-electron chi connectivity index (χ3n) is 7.64. The number of aromatic nitrogens is 5. The molecule has 0 aliphatic carbocycles. The average molecular weight is 668 g/mol. The van der Waals surface area contributed by atoms with Gasteiger partial charge in [0.1, 0.15) is 23.7 Å². The van der Waals surface area contributed by atoms with E-state index in [0.29, 0.717) is 11.4 Å². The highest BCUT2D eigenvalue weighted by Crippen LogP contribution is 2.20. The van der Waals surface area contributed by atoms with Crippen LogP contribution in [0.3, 0.4) is 0 Å². The molecule has 0 aliphatic rings. The standard InChI is InChI=1S/C35H41N9O5/c1-35(2,3)49-34(48)44-30(15-25-19-37-21-41-25)33(47)42-28(13-23-17-38-27-12-8-7-11-26(23)27)32(46)43-29(14-24-18-36-20-40-24)31(45)39-16-22-9-5-4-6-10-22/h4-12,17-21,28-30,38H,13-16H2,1-3H3,(H,36,40)(H,37,41)(H,39,45)(H,42,47)(H,43,46)(H,44,48)/t28-,29-,30-/m0/s1. The Balaban J connectivity index is 1.39. The fourth-order valence-electron chi connectivity index (χ4n) is 5.28. The molecule has 0 saturated carbocycles. The number of rotatable bonds is 14. The topological polar surface area (TPSA) is 199 Å². The van der Waals surface area contributed by atoms with Crippen LogP contribution < -0.4 is 21.3 Å². The highest BCUT2D eigenvalue weighted by molar-refractivity contribution is 5.95. The molecule has 0 bridgehead atoms. The van der Waals surface area contributed by atoms with E-state index in [4.69, 9.17) is 4.74 Å². The molecule has 0 unspecified atom stereocenters. The van der Waals surface area contributed by atoms with Crippen LogP contribution in [0.25, 0.3) is 10.9 Å². The summed E-state index contributed by atoms with van der Waals surface area (Å²) in [5, 5.41) is 12.1. The molecular formula is C35H41N9O5. The number of para-hydroxylation sites is 1. The maximum absolute atomic E-state index is 14.1. The molecule has 2 aromatic carbocycles. The van der Waals surface area contributed by atoms with E-state index in [1.54, 1.807) is 39.4 Å². The van der Waals surface area contributed by atoms with Gasteiger partial charge in [0.2, 0.25) is 17.7 Å². The third-order valence-corrected chi connectivity index (χ3v) is 7.64. The van der Waals surface area contributed by atoms with Crippen molar-refractivity contribution < 1.29 is 23.9 Å². The first-order valence-electron chi connectivity index (χ1n) is 16.0. The molecule has 14 nitrogen and oxygen atoms in total. The van der Waals surface area contributed by atoms with Gasteiger partial charge < -0.3 is 41.0 Å². The minimum Gasteiger partial charge on any atom is -0.444 e. The smallest absolute Gasteiger partial charge is 0.408 e. The summed E-state index contributed by atoms with van der Waals surface area (Å²) in [6, 6.07) is 13.8. The zero-order chi connectivity index (χ0) is 34.8. The van der Waals surface area contributed by atoms with Gasteiger partial charge in [0.05, 0.1) is 12.7 Å². The van der Waals surface area contributed by atoms with Crippen LogP contribution in [-0.2, 0) is 44.9 Å².